The zero-order valence-corrected chi connectivity index (χ0v) is 13.0. The number of nitrogens with one attached hydrogen (secondary N) is 1. The maximum atomic E-state index is 12.2. The predicted octanol–water partition coefficient (Wildman–Crippen LogP) is 2.26. The van der Waals surface area contributed by atoms with Crippen molar-refractivity contribution < 1.29 is 13.5 Å². The van der Waals surface area contributed by atoms with E-state index in [0.717, 1.165) is 17.7 Å². The molecule has 4 nitrogen and oxygen atoms in total. The molecule has 1 aliphatic rings. The second-order valence-electron chi connectivity index (χ2n) is 5.43. The summed E-state index contributed by atoms with van der Waals surface area (Å²) in [7, 11) is -3.44. The van der Waals surface area contributed by atoms with Gasteiger partial charge in [-0.15, -0.1) is 11.3 Å². The topological polar surface area (TPSA) is 66.4 Å². The third kappa shape index (κ3) is 3.56. The van der Waals surface area contributed by atoms with Crippen LogP contribution in [0, 0.1) is 18.8 Å². The van der Waals surface area contributed by atoms with E-state index in [0.29, 0.717) is 28.2 Å². The van der Waals surface area contributed by atoms with Crippen molar-refractivity contribution in [3.8, 4) is 0 Å². The molecule has 1 aromatic rings. The fourth-order valence-corrected chi connectivity index (χ4v) is 5.29. The largest absolute Gasteiger partial charge is 0.391 e. The van der Waals surface area contributed by atoms with Crippen molar-refractivity contribution in [3.63, 3.8) is 0 Å². The van der Waals surface area contributed by atoms with E-state index in [1.165, 1.54) is 17.8 Å². The summed E-state index contributed by atoms with van der Waals surface area (Å²) in [6.07, 6.45) is 3.40. The summed E-state index contributed by atoms with van der Waals surface area (Å²) in [6.45, 7) is 4.40. The molecule has 0 bridgehead atoms. The molecule has 19 heavy (non-hydrogen) atoms. The van der Waals surface area contributed by atoms with Gasteiger partial charge in [-0.2, -0.15) is 0 Å². The maximum absolute atomic E-state index is 12.2. The highest BCUT2D eigenvalue weighted by molar-refractivity contribution is 7.89. The lowest BCUT2D eigenvalue weighted by Crippen LogP contribution is -2.28. The van der Waals surface area contributed by atoms with Gasteiger partial charge in [0.15, 0.2) is 0 Å². The molecule has 0 saturated heterocycles. The van der Waals surface area contributed by atoms with E-state index in [2.05, 4.69) is 11.6 Å². The second-order valence-corrected chi connectivity index (χ2v) is 8.50. The Labute approximate surface area is 118 Å². The summed E-state index contributed by atoms with van der Waals surface area (Å²) < 4.78 is 27.2. The van der Waals surface area contributed by atoms with Crippen LogP contribution in [0.1, 0.15) is 35.9 Å². The lowest BCUT2D eigenvalue weighted by molar-refractivity contribution is 0.285. The van der Waals surface area contributed by atoms with Crippen molar-refractivity contribution >= 4 is 21.4 Å². The molecule has 2 unspecified atom stereocenters. The number of aryl methyl sites for hydroxylation is 1. The Kier molecular flexibility index (Phi) is 4.66. The Morgan fingerprint density at radius 2 is 2.21 bits per heavy atom. The van der Waals surface area contributed by atoms with Gasteiger partial charge in [-0.05, 0) is 37.7 Å². The van der Waals surface area contributed by atoms with Crippen LogP contribution >= 0.6 is 11.3 Å². The number of hydrogen-bond donors (Lipinski definition) is 2. The lowest BCUT2D eigenvalue weighted by Gasteiger charge is -2.11. The van der Waals surface area contributed by atoms with Crippen LogP contribution < -0.4 is 4.72 Å². The molecule has 1 heterocycles. The summed E-state index contributed by atoms with van der Waals surface area (Å²) in [4.78, 5) is 1.73. The highest BCUT2D eigenvalue weighted by Gasteiger charge is 2.25. The van der Waals surface area contributed by atoms with Crippen molar-refractivity contribution in [1.82, 2.24) is 4.72 Å². The van der Waals surface area contributed by atoms with Gasteiger partial charge in [0.25, 0.3) is 0 Å². The molecule has 0 radical (unpaired) electrons. The van der Waals surface area contributed by atoms with Crippen LogP contribution in [0.25, 0.3) is 0 Å². The number of aliphatic hydroxyl groups is 1. The monoisotopic (exact) mass is 303 g/mol. The maximum Gasteiger partial charge on any atom is 0.241 e. The van der Waals surface area contributed by atoms with Gasteiger partial charge in [0.1, 0.15) is 0 Å². The summed E-state index contributed by atoms with van der Waals surface area (Å²) in [5.74, 6) is 1.17. The zero-order valence-electron chi connectivity index (χ0n) is 11.3. The van der Waals surface area contributed by atoms with Gasteiger partial charge in [0.2, 0.25) is 10.0 Å². The first-order chi connectivity index (χ1) is 8.92. The molecule has 2 atom stereocenters. The minimum atomic E-state index is -3.44. The van der Waals surface area contributed by atoms with Gasteiger partial charge in [0.05, 0.1) is 11.5 Å². The van der Waals surface area contributed by atoms with Crippen molar-refractivity contribution in [1.29, 1.82) is 0 Å². The number of thiophene rings is 1. The van der Waals surface area contributed by atoms with E-state index in [1.807, 2.05) is 0 Å². The normalized spacial score (nSPS) is 23.9. The smallest absolute Gasteiger partial charge is 0.241 e. The first-order valence-electron chi connectivity index (χ1n) is 6.62. The molecular weight excluding hydrogens is 282 g/mol. The summed E-state index contributed by atoms with van der Waals surface area (Å²) >= 11 is 1.33. The SMILES string of the molecule is Cc1sc(CO)cc1S(=O)(=O)NCC1CCC(C)C1. The van der Waals surface area contributed by atoms with Gasteiger partial charge < -0.3 is 5.11 Å². The van der Waals surface area contributed by atoms with Crippen molar-refractivity contribution in [3.05, 3.63) is 15.8 Å². The number of aliphatic hydroxyl groups excluding tert-OH is 1. The number of sulfonamides is 1. The molecule has 1 fully saturated rings. The second kappa shape index (κ2) is 5.91. The Balaban J connectivity index is 2.03. The molecule has 1 aromatic heterocycles. The minimum absolute atomic E-state index is 0.110. The van der Waals surface area contributed by atoms with Crippen molar-refractivity contribution in [2.75, 3.05) is 6.54 Å². The molecule has 2 rings (SSSR count). The van der Waals surface area contributed by atoms with Crippen LogP contribution in [0.5, 0.6) is 0 Å². The fourth-order valence-electron chi connectivity index (χ4n) is 2.68. The Hall–Kier alpha value is -0.430. The van der Waals surface area contributed by atoms with Crippen LogP contribution in [0.15, 0.2) is 11.0 Å². The standard InChI is InChI=1S/C13H21NO3S2/c1-9-3-4-11(5-9)7-14-19(16,17)13-6-12(8-15)18-10(13)2/h6,9,11,14-15H,3-5,7-8H2,1-2H3. The molecule has 0 spiro atoms. The summed E-state index contributed by atoms with van der Waals surface area (Å²) in [5, 5.41) is 9.07. The van der Waals surface area contributed by atoms with Crippen molar-refractivity contribution in [2.24, 2.45) is 11.8 Å². The number of hydrogen-bond acceptors (Lipinski definition) is 4. The molecule has 6 heteroatoms. The van der Waals surface area contributed by atoms with E-state index in [-0.39, 0.29) is 6.61 Å². The third-order valence-corrected chi connectivity index (χ3v) is 6.45. The van der Waals surface area contributed by atoms with Crippen LogP contribution in [-0.4, -0.2) is 20.1 Å². The van der Waals surface area contributed by atoms with Crippen LogP contribution in [0.3, 0.4) is 0 Å². The minimum Gasteiger partial charge on any atom is -0.391 e. The zero-order chi connectivity index (χ0) is 14.0. The lowest BCUT2D eigenvalue weighted by atomic mass is 10.1. The van der Waals surface area contributed by atoms with E-state index in [1.54, 1.807) is 13.0 Å². The summed E-state index contributed by atoms with van der Waals surface area (Å²) in [5.41, 5.74) is 0. The Morgan fingerprint density at radius 1 is 1.47 bits per heavy atom. The Morgan fingerprint density at radius 3 is 2.74 bits per heavy atom. The number of rotatable bonds is 5. The molecule has 0 amide bonds. The van der Waals surface area contributed by atoms with Crippen LogP contribution in [0.4, 0.5) is 0 Å². The fraction of sp³-hybridized carbons (Fsp3) is 0.692. The molecule has 2 N–H and O–H groups in total. The van der Waals surface area contributed by atoms with Crippen LogP contribution in [-0.2, 0) is 16.6 Å². The molecule has 0 aliphatic heterocycles. The highest BCUT2D eigenvalue weighted by atomic mass is 32.2. The first-order valence-corrected chi connectivity index (χ1v) is 8.92. The molecule has 1 aliphatic carbocycles. The van der Waals surface area contributed by atoms with E-state index in [9.17, 15) is 8.42 Å². The summed E-state index contributed by atoms with van der Waals surface area (Å²) in [6, 6.07) is 1.57. The van der Waals surface area contributed by atoms with Gasteiger partial charge in [0, 0.05) is 16.3 Å². The average Bonchev–Trinajstić information content (AvgIpc) is 2.93. The van der Waals surface area contributed by atoms with Crippen molar-refractivity contribution in [2.45, 2.75) is 44.6 Å². The molecule has 108 valence electrons. The Bertz CT molecular complexity index is 536. The van der Waals surface area contributed by atoms with Gasteiger partial charge >= 0.3 is 0 Å². The van der Waals surface area contributed by atoms with E-state index >= 15 is 0 Å². The highest BCUT2D eigenvalue weighted by Crippen LogP contribution is 2.30. The predicted molar refractivity (Wildman–Crippen MR) is 76.7 cm³/mol. The van der Waals surface area contributed by atoms with E-state index in [4.69, 9.17) is 5.11 Å². The molecule has 0 aromatic carbocycles. The van der Waals surface area contributed by atoms with Gasteiger partial charge in [-0.1, -0.05) is 13.3 Å². The van der Waals surface area contributed by atoms with E-state index < -0.39 is 10.0 Å². The van der Waals surface area contributed by atoms with Gasteiger partial charge in [-0.25, -0.2) is 13.1 Å². The first kappa shape index (κ1) is 15.0. The molecule has 1 saturated carbocycles. The van der Waals surface area contributed by atoms with Gasteiger partial charge in [-0.3, -0.25) is 0 Å². The average molecular weight is 303 g/mol. The van der Waals surface area contributed by atoms with Crippen LogP contribution in [0.2, 0.25) is 0 Å². The quantitative estimate of drug-likeness (QED) is 0.877. The third-order valence-electron chi connectivity index (χ3n) is 3.73. The molecular formula is C13H21NO3S2.